The van der Waals surface area contributed by atoms with Crippen molar-refractivity contribution in [3.05, 3.63) is 47.9 Å². The lowest BCUT2D eigenvalue weighted by Crippen LogP contribution is -2.30. The van der Waals surface area contributed by atoms with Gasteiger partial charge in [0.1, 0.15) is 5.76 Å². The lowest BCUT2D eigenvalue weighted by atomic mass is 10.3. The number of carbonyl (C=O) groups excluding carboxylic acids is 1. The van der Waals surface area contributed by atoms with Crippen LogP contribution in [0.5, 0.6) is 0 Å². The molecule has 3 aromatic rings. The Morgan fingerprint density at radius 2 is 2.25 bits per heavy atom. The largest absolute Gasteiger partial charge is 0.360 e. The summed E-state index contributed by atoms with van der Waals surface area (Å²) in [6.07, 6.45) is 0. The Bertz CT molecular complexity index is 717. The van der Waals surface area contributed by atoms with Gasteiger partial charge in [-0.25, -0.2) is 5.84 Å². The fourth-order valence-electron chi connectivity index (χ4n) is 1.84. The maximum Gasteiger partial charge on any atom is 0.287 e. The molecule has 4 N–H and O–H groups in total. The molecule has 0 aliphatic rings. The highest BCUT2D eigenvalue weighted by atomic mass is 32.2. The van der Waals surface area contributed by atoms with Crippen LogP contribution in [0.1, 0.15) is 16.2 Å². The molecule has 0 atom stereocenters. The third-order valence-corrected chi connectivity index (χ3v) is 3.76. The number of hydrogen-bond donors (Lipinski definition) is 3. The number of rotatable bonds is 4. The minimum Gasteiger partial charge on any atom is -0.360 e. The zero-order valence-electron chi connectivity index (χ0n) is 10.4. The van der Waals surface area contributed by atoms with E-state index in [2.05, 4.69) is 16.2 Å². The van der Waals surface area contributed by atoms with Gasteiger partial charge in [-0.15, -0.1) is 11.8 Å². The van der Waals surface area contributed by atoms with Crippen molar-refractivity contribution in [2.24, 2.45) is 5.84 Å². The molecule has 7 heteroatoms. The molecule has 102 valence electrons. The van der Waals surface area contributed by atoms with Gasteiger partial charge in [-0.2, -0.15) is 0 Å². The molecule has 1 aromatic carbocycles. The molecule has 0 spiro atoms. The second-order valence-electron chi connectivity index (χ2n) is 4.16. The standard InChI is InChI=1S/C13H12N4O2S/c14-16-13(18)11-6-9(19-17-11)7-20-12-5-8-3-1-2-4-10(8)15-12/h1-6,15H,7,14H2,(H,16,18). The topological polar surface area (TPSA) is 96.9 Å². The summed E-state index contributed by atoms with van der Waals surface area (Å²) < 4.78 is 5.08. The minimum absolute atomic E-state index is 0.180. The lowest BCUT2D eigenvalue weighted by molar-refractivity contribution is 0.0944. The summed E-state index contributed by atoms with van der Waals surface area (Å²) in [5, 5.41) is 5.85. The Morgan fingerprint density at radius 3 is 3.05 bits per heavy atom. The number of nitrogen functional groups attached to an aromatic ring is 1. The molecule has 0 saturated heterocycles. The molecule has 3 rings (SSSR count). The van der Waals surface area contributed by atoms with E-state index >= 15 is 0 Å². The number of nitrogens with zero attached hydrogens (tertiary/aromatic N) is 1. The third-order valence-electron chi connectivity index (χ3n) is 2.80. The number of thioether (sulfide) groups is 1. The molecule has 0 radical (unpaired) electrons. The highest BCUT2D eigenvalue weighted by Gasteiger charge is 2.11. The van der Waals surface area contributed by atoms with Crippen molar-refractivity contribution in [1.29, 1.82) is 0 Å². The van der Waals surface area contributed by atoms with Crippen LogP contribution in [0.25, 0.3) is 10.9 Å². The van der Waals surface area contributed by atoms with Gasteiger partial charge in [0.05, 0.1) is 10.8 Å². The second-order valence-corrected chi connectivity index (χ2v) is 5.18. The monoisotopic (exact) mass is 288 g/mol. The highest BCUT2D eigenvalue weighted by molar-refractivity contribution is 7.98. The predicted octanol–water partition coefficient (Wildman–Crippen LogP) is 2.05. The SMILES string of the molecule is NNC(=O)c1cc(CSc2cc3ccccc3[nH]2)on1. The van der Waals surface area contributed by atoms with E-state index in [0.717, 1.165) is 15.9 Å². The fraction of sp³-hybridized carbons (Fsp3) is 0.0769. The molecular weight excluding hydrogens is 276 g/mol. The minimum atomic E-state index is -0.462. The van der Waals surface area contributed by atoms with Crippen LogP contribution in [0, 0.1) is 0 Å². The summed E-state index contributed by atoms with van der Waals surface area (Å²) in [4.78, 5) is 14.6. The second kappa shape index (κ2) is 5.40. The molecule has 20 heavy (non-hydrogen) atoms. The van der Waals surface area contributed by atoms with Crippen molar-refractivity contribution in [3.63, 3.8) is 0 Å². The average Bonchev–Trinajstić information content (AvgIpc) is 3.10. The Kier molecular flexibility index (Phi) is 3.44. The summed E-state index contributed by atoms with van der Waals surface area (Å²) in [7, 11) is 0. The van der Waals surface area contributed by atoms with Crippen LogP contribution in [0.4, 0.5) is 0 Å². The molecule has 1 amide bonds. The molecule has 0 bridgehead atoms. The molecule has 2 aromatic heterocycles. The number of hydrazine groups is 1. The number of hydrogen-bond acceptors (Lipinski definition) is 5. The third kappa shape index (κ3) is 2.54. The van der Waals surface area contributed by atoms with Crippen molar-refractivity contribution in [1.82, 2.24) is 15.6 Å². The number of H-pyrrole nitrogens is 1. The molecule has 0 unspecified atom stereocenters. The van der Waals surface area contributed by atoms with Crippen molar-refractivity contribution in [2.75, 3.05) is 0 Å². The van der Waals surface area contributed by atoms with Crippen molar-refractivity contribution in [3.8, 4) is 0 Å². The number of para-hydroxylation sites is 1. The first-order chi connectivity index (χ1) is 9.76. The highest BCUT2D eigenvalue weighted by Crippen LogP contribution is 2.26. The Labute approximate surface area is 118 Å². The van der Waals surface area contributed by atoms with Gasteiger partial charge >= 0.3 is 0 Å². The first-order valence-electron chi connectivity index (χ1n) is 5.93. The summed E-state index contributed by atoms with van der Waals surface area (Å²) in [5.74, 6) is 5.77. The van der Waals surface area contributed by atoms with Crippen LogP contribution < -0.4 is 11.3 Å². The first kappa shape index (κ1) is 12.8. The molecule has 0 aliphatic heterocycles. The smallest absolute Gasteiger partial charge is 0.287 e. The van der Waals surface area contributed by atoms with Gasteiger partial charge in [0.15, 0.2) is 5.69 Å². The van der Waals surface area contributed by atoms with Crippen LogP contribution in [0.15, 0.2) is 45.9 Å². The Balaban J connectivity index is 1.69. The Morgan fingerprint density at radius 1 is 1.40 bits per heavy atom. The number of aromatic amines is 1. The molecule has 2 heterocycles. The number of benzene rings is 1. The molecular formula is C13H12N4O2S. The maximum absolute atomic E-state index is 11.2. The van der Waals surface area contributed by atoms with Gasteiger partial charge < -0.3 is 9.51 Å². The van der Waals surface area contributed by atoms with Gasteiger partial charge in [-0.1, -0.05) is 23.4 Å². The molecule has 0 saturated carbocycles. The first-order valence-corrected chi connectivity index (χ1v) is 6.92. The molecule has 6 nitrogen and oxygen atoms in total. The van der Waals surface area contributed by atoms with E-state index in [9.17, 15) is 4.79 Å². The average molecular weight is 288 g/mol. The zero-order chi connectivity index (χ0) is 13.9. The summed E-state index contributed by atoms with van der Waals surface area (Å²) >= 11 is 1.58. The van der Waals surface area contributed by atoms with E-state index in [0.29, 0.717) is 11.5 Å². The van der Waals surface area contributed by atoms with Gasteiger partial charge in [0, 0.05) is 17.0 Å². The van der Waals surface area contributed by atoms with Gasteiger partial charge in [0.2, 0.25) is 0 Å². The fourth-order valence-corrected chi connectivity index (χ4v) is 2.66. The lowest BCUT2D eigenvalue weighted by Gasteiger charge is -1.93. The van der Waals surface area contributed by atoms with Crippen LogP contribution in [0.3, 0.4) is 0 Å². The zero-order valence-corrected chi connectivity index (χ0v) is 11.2. The van der Waals surface area contributed by atoms with E-state index < -0.39 is 5.91 Å². The number of carbonyl (C=O) groups is 1. The van der Waals surface area contributed by atoms with E-state index in [4.69, 9.17) is 10.4 Å². The molecule has 0 aliphatic carbocycles. The van der Waals surface area contributed by atoms with Gasteiger partial charge in [0.25, 0.3) is 5.91 Å². The van der Waals surface area contributed by atoms with Crippen LogP contribution in [-0.2, 0) is 5.75 Å². The number of amides is 1. The maximum atomic E-state index is 11.2. The van der Waals surface area contributed by atoms with E-state index in [-0.39, 0.29) is 5.69 Å². The van der Waals surface area contributed by atoms with Gasteiger partial charge in [-0.05, 0) is 12.1 Å². The van der Waals surface area contributed by atoms with Crippen molar-refractivity contribution < 1.29 is 9.32 Å². The van der Waals surface area contributed by atoms with Crippen LogP contribution >= 0.6 is 11.8 Å². The van der Waals surface area contributed by atoms with E-state index in [1.807, 2.05) is 29.7 Å². The quantitative estimate of drug-likeness (QED) is 0.295. The van der Waals surface area contributed by atoms with Crippen molar-refractivity contribution in [2.45, 2.75) is 10.8 Å². The number of fused-ring (bicyclic) bond motifs is 1. The van der Waals surface area contributed by atoms with Crippen LogP contribution in [0.2, 0.25) is 0 Å². The number of nitrogens with two attached hydrogens (primary N) is 1. The normalized spacial score (nSPS) is 10.8. The van der Waals surface area contributed by atoms with Crippen LogP contribution in [-0.4, -0.2) is 16.0 Å². The molecule has 0 fully saturated rings. The number of nitrogens with one attached hydrogen (secondary N) is 2. The van der Waals surface area contributed by atoms with E-state index in [1.54, 1.807) is 17.8 Å². The summed E-state index contributed by atoms with van der Waals surface area (Å²) in [5.41, 5.74) is 3.29. The summed E-state index contributed by atoms with van der Waals surface area (Å²) in [6, 6.07) is 11.7. The predicted molar refractivity (Wildman–Crippen MR) is 76.0 cm³/mol. The van der Waals surface area contributed by atoms with Crippen molar-refractivity contribution >= 4 is 28.6 Å². The number of aromatic nitrogens is 2. The summed E-state index contributed by atoms with van der Waals surface area (Å²) in [6.45, 7) is 0. The Hall–Kier alpha value is -2.25. The van der Waals surface area contributed by atoms with E-state index in [1.165, 1.54) is 0 Å². The van der Waals surface area contributed by atoms with Gasteiger partial charge in [-0.3, -0.25) is 10.2 Å².